The van der Waals surface area contributed by atoms with Gasteiger partial charge in [0.05, 0.1) is 9.13 Å². The normalized spacial score (nSPS) is 12.9. The number of aryl methyl sites for hydroxylation is 1. The molecule has 188 valence electrons. The van der Waals surface area contributed by atoms with Gasteiger partial charge in [-0.3, -0.25) is 4.79 Å². The van der Waals surface area contributed by atoms with Crippen molar-refractivity contribution in [3.05, 3.63) is 107 Å². The van der Waals surface area contributed by atoms with Gasteiger partial charge in [0.15, 0.2) is 0 Å². The van der Waals surface area contributed by atoms with E-state index in [1.54, 1.807) is 17.6 Å². The summed E-state index contributed by atoms with van der Waals surface area (Å²) >= 11 is 16.5. The summed E-state index contributed by atoms with van der Waals surface area (Å²) in [5.41, 5.74) is 4.17. The van der Waals surface area contributed by atoms with Crippen LogP contribution in [-0.4, -0.2) is 12.1 Å². The molecule has 3 aromatic carbocycles. The quantitative estimate of drug-likeness (QED) is 0.159. The molecule has 0 saturated heterocycles. The second-order valence-electron chi connectivity index (χ2n) is 8.66. The average Bonchev–Trinajstić information content (AvgIpc) is 3.27. The van der Waals surface area contributed by atoms with Crippen molar-refractivity contribution in [3.63, 3.8) is 0 Å². The van der Waals surface area contributed by atoms with Gasteiger partial charge in [0.25, 0.3) is 5.91 Å². The molecule has 8 heteroatoms. The highest BCUT2D eigenvalue weighted by Crippen LogP contribution is 2.40. The van der Waals surface area contributed by atoms with Crippen molar-refractivity contribution in [2.24, 2.45) is 4.99 Å². The number of thiophene rings is 1. The molecule has 0 spiro atoms. The van der Waals surface area contributed by atoms with Crippen molar-refractivity contribution < 1.29 is 9.53 Å². The van der Waals surface area contributed by atoms with Crippen molar-refractivity contribution >= 4 is 79.9 Å². The van der Waals surface area contributed by atoms with E-state index in [1.807, 2.05) is 66.7 Å². The minimum atomic E-state index is -0.131. The van der Waals surface area contributed by atoms with Gasteiger partial charge in [-0.15, -0.1) is 11.3 Å². The van der Waals surface area contributed by atoms with Gasteiger partial charge in [-0.05, 0) is 84.2 Å². The van der Waals surface area contributed by atoms with Crippen LogP contribution in [0.4, 0.5) is 10.7 Å². The summed E-state index contributed by atoms with van der Waals surface area (Å²) in [5.74, 6) is 0.541. The summed E-state index contributed by atoms with van der Waals surface area (Å²) < 4.78 is 7.07. The monoisotopic (exact) mass is 660 g/mol. The number of nitrogens with zero attached hydrogens (tertiary/aromatic N) is 1. The molecule has 0 atom stereocenters. The van der Waals surface area contributed by atoms with E-state index in [9.17, 15) is 4.79 Å². The largest absolute Gasteiger partial charge is 0.487 e. The van der Waals surface area contributed by atoms with Gasteiger partial charge in [0, 0.05) is 38.0 Å². The maximum atomic E-state index is 13.4. The van der Waals surface area contributed by atoms with Crippen LogP contribution in [0.25, 0.3) is 0 Å². The van der Waals surface area contributed by atoms with Crippen LogP contribution in [0, 0.1) is 3.57 Å². The lowest BCUT2D eigenvalue weighted by atomic mass is 9.95. The number of halogens is 3. The highest BCUT2D eigenvalue weighted by Gasteiger charge is 2.25. The van der Waals surface area contributed by atoms with Crippen LogP contribution >= 0.6 is 57.1 Å². The Morgan fingerprint density at radius 3 is 2.62 bits per heavy atom. The molecule has 1 aliphatic rings. The van der Waals surface area contributed by atoms with E-state index in [-0.39, 0.29) is 5.91 Å². The fourth-order valence-corrected chi connectivity index (χ4v) is 6.95. The highest BCUT2D eigenvalue weighted by molar-refractivity contribution is 14.1. The molecule has 1 aromatic heterocycles. The molecule has 0 bridgehead atoms. The van der Waals surface area contributed by atoms with Crippen LogP contribution in [0.1, 0.15) is 44.8 Å². The molecule has 0 radical (unpaired) electrons. The molecule has 1 amide bonds. The number of carbonyl (C=O) groups is 1. The molecule has 37 heavy (non-hydrogen) atoms. The Labute approximate surface area is 243 Å². The Morgan fingerprint density at radius 1 is 1.05 bits per heavy atom. The van der Waals surface area contributed by atoms with E-state index in [0.717, 1.165) is 51.6 Å². The van der Waals surface area contributed by atoms with Gasteiger partial charge in [0.1, 0.15) is 17.4 Å². The van der Waals surface area contributed by atoms with Gasteiger partial charge in [-0.1, -0.05) is 59.6 Å². The maximum Gasteiger partial charge on any atom is 0.259 e. The molecule has 0 aliphatic heterocycles. The second kappa shape index (κ2) is 12.0. The SMILES string of the molecule is O=C(Nc1ccccc1)c1c(N=Cc2cc(Cl)cc(I)c2OCc2ccccc2Cl)sc2c1CCCC2. The minimum absolute atomic E-state index is 0.131. The highest BCUT2D eigenvalue weighted by atomic mass is 127. The smallest absolute Gasteiger partial charge is 0.259 e. The van der Waals surface area contributed by atoms with E-state index in [1.165, 1.54) is 4.88 Å². The lowest BCUT2D eigenvalue weighted by Gasteiger charge is -2.13. The average molecular weight is 661 g/mol. The first-order chi connectivity index (χ1) is 18.0. The van der Waals surface area contributed by atoms with E-state index in [2.05, 4.69) is 27.9 Å². The lowest BCUT2D eigenvalue weighted by Crippen LogP contribution is -2.14. The van der Waals surface area contributed by atoms with Gasteiger partial charge in [-0.2, -0.15) is 0 Å². The summed E-state index contributed by atoms with van der Waals surface area (Å²) in [6.07, 6.45) is 5.81. The molecule has 0 unspecified atom stereocenters. The summed E-state index contributed by atoms with van der Waals surface area (Å²) in [4.78, 5) is 19.5. The third-order valence-corrected chi connectivity index (χ3v) is 8.69. The van der Waals surface area contributed by atoms with E-state index in [4.69, 9.17) is 32.9 Å². The third-order valence-electron chi connectivity index (χ3n) is 6.10. The first kappa shape index (κ1) is 26.2. The fraction of sp³-hybridized carbons (Fsp3) is 0.172. The van der Waals surface area contributed by atoms with Crippen molar-refractivity contribution in [2.45, 2.75) is 32.3 Å². The predicted molar refractivity (Wildman–Crippen MR) is 163 cm³/mol. The summed E-state index contributed by atoms with van der Waals surface area (Å²) in [7, 11) is 0. The molecule has 1 N–H and O–H groups in total. The number of nitrogens with one attached hydrogen (secondary N) is 1. The number of aliphatic imine (C=N–C) groups is 1. The van der Waals surface area contributed by atoms with E-state index < -0.39 is 0 Å². The zero-order chi connectivity index (χ0) is 25.8. The number of hydrogen-bond donors (Lipinski definition) is 1. The van der Waals surface area contributed by atoms with Gasteiger partial charge in [0.2, 0.25) is 0 Å². The summed E-state index contributed by atoms with van der Waals surface area (Å²) in [6.45, 7) is 0.316. The summed E-state index contributed by atoms with van der Waals surface area (Å²) in [6, 6.07) is 20.8. The number of para-hydroxylation sites is 1. The van der Waals surface area contributed by atoms with Crippen molar-refractivity contribution in [2.75, 3.05) is 5.32 Å². The second-order valence-corrected chi connectivity index (χ2v) is 11.7. The number of anilines is 1. The number of amides is 1. The standard InChI is InChI=1S/C29H23Cl2IN2O2S/c30-20-14-19(27(24(32)15-20)36-17-18-8-4-6-12-23(18)31)16-33-29-26(22-11-5-7-13-25(22)37-29)28(35)34-21-9-2-1-3-10-21/h1-4,6,8-10,12,14-16H,5,7,11,13,17H2,(H,34,35). The van der Waals surface area contributed by atoms with Crippen LogP contribution in [0.15, 0.2) is 71.7 Å². The van der Waals surface area contributed by atoms with Crippen LogP contribution in [0.5, 0.6) is 5.75 Å². The van der Waals surface area contributed by atoms with Gasteiger partial charge in [-0.25, -0.2) is 4.99 Å². The molecule has 0 fully saturated rings. The van der Waals surface area contributed by atoms with Crippen LogP contribution in [0.3, 0.4) is 0 Å². The number of rotatable bonds is 7. The number of ether oxygens (including phenoxy) is 1. The van der Waals surface area contributed by atoms with Crippen molar-refractivity contribution in [1.29, 1.82) is 0 Å². The fourth-order valence-electron chi connectivity index (χ4n) is 4.31. The Bertz CT molecular complexity index is 1470. The molecular weight excluding hydrogens is 638 g/mol. The molecule has 4 nitrogen and oxygen atoms in total. The van der Waals surface area contributed by atoms with Crippen molar-refractivity contribution in [1.82, 2.24) is 0 Å². The number of carbonyl (C=O) groups excluding carboxylic acids is 1. The molecule has 0 saturated carbocycles. The Balaban J connectivity index is 1.48. The zero-order valence-electron chi connectivity index (χ0n) is 19.8. The van der Waals surface area contributed by atoms with Crippen LogP contribution < -0.4 is 10.1 Å². The molecule has 1 heterocycles. The van der Waals surface area contributed by atoms with Crippen LogP contribution in [-0.2, 0) is 19.4 Å². The first-order valence-electron chi connectivity index (χ1n) is 11.9. The Morgan fingerprint density at radius 2 is 1.81 bits per heavy atom. The Kier molecular flexibility index (Phi) is 8.49. The first-order valence-corrected chi connectivity index (χ1v) is 14.5. The Hall–Kier alpha value is -2.39. The van der Waals surface area contributed by atoms with Crippen LogP contribution in [0.2, 0.25) is 10.0 Å². The number of hydrogen-bond acceptors (Lipinski definition) is 4. The zero-order valence-corrected chi connectivity index (χ0v) is 24.3. The molecular formula is C29H23Cl2IN2O2S. The number of fused-ring (bicyclic) bond motifs is 1. The number of benzene rings is 3. The van der Waals surface area contributed by atoms with E-state index in [0.29, 0.717) is 33.0 Å². The molecule has 4 aromatic rings. The van der Waals surface area contributed by atoms with Gasteiger partial charge < -0.3 is 10.1 Å². The summed E-state index contributed by atoms with van der Waals surface area (Å²) in [5, 5.41) is 4.98. The van der Waals surface area contributed by atoms with E-state index >= 15 is 0 Å². The third kappa shape index (κ3) is 6.20. The topological polar surface area (TPSA) is 50.7 Å². The van der Waals surface area contributed by atoms with Crippen molar-refractivity contribution in [3.8, 4) is 5.75 Å². The maximum absolute atomic E-state index is 13.4. The lowest BCUT2D eigenvalue weighted by molar-refractivity contribution is 0.102. The molecule has 1 aliphatic carbocycles. The minimum Gasteiger partial charge on any atom is -0.487 e. The predicted octanol–water partition coefficient (Wildman–Crippen LogP) is 9.12. The molecule has 5 rings (SSSR count). The van der Waals surface area contributed by atoms with Gasteiger partial charge >= 0.3 is 0 Å².